The molecule has 3 atom stereocenters. The predicted octanol–water partition coefficient (Wildman–Crippen LogP) is 2.99. The van der Waals surface area contributed by atoms with Crippen LogP contribution in [0.25, 0.3) is 0 Å². The number of benzene rings is 2. The number of aliphatic hydroxyl groups excluding tert-OH is 1. The van der Waals surface area contributed by atoms with Crippen LogP contribution in [0.15, 0.2) is 60.8 Å². The molecule has 0 radical (unpaired) electrons. The van der Waals surface area contributed by atoms with E-state index >= 15 is 0 Å². The Morgan fingerprint density at radius 1 is 1.15 bits per heavy atom. The van der Waals surface area contributed by atoms with Crippen LogP contribution in [0.3, 0.4) is 0 Å². The molecule has 1 spiro atoms. The van der Waals surface area contributed by atoms with Crippen LogP contribution in [0.4, 0.5) is 0 Å². The summed E-state index contributed by atoms with van der Waals surface area (Å²) in [5.74, 6) is 0.736. The Morgan fingerprint density at radius 2 is 1.93 bits per heavy atom. The van der Waals surface area contributed by atoms with Crippen LogP contribution < -0.4 is 26.0 Å². The van der Waals surface area contributed by atoms with E-state index < -0.39 is 12.3 Å². The number of amides is 1. The summed E-state index contributed by atoms with van der Waals surface area (Å²) in [6, 6.07) is 16.6. The summed E-state index contributed by atoms with van der Waals surface area (Å²) in [4.78, 5) is 15.0. The number of aliphatic hydroxyl groups is 1. The molecule has 3 aliphatic rings. The molecule has 2 aliphatic heterocycles. The summed E-state index contributed by atoms with van der Waals surface area (Å²) in [6.07, 6.45) is 8.34. The van der Waals surface area contributed by atoms with Crippen LogP contribution in [0.2, 0.25) is 0 Å². The first-order chi connectivity index (χ1) is 19.5. The van der Waals surface area contributed by atoms with E-state index in [2.05, 4.69) is 51.3 Å². The minimum atomic E-state index is -0.833. The fraction of sp³-hybridized carbons (Fsp3) is 0.531. The average molecular weight is 548 g/mol. The van der Waals surface area contributed by atoms with Gasteiger partial charge in [0.15, 0.2) is 0 Å². The maximum atomic E-state index is 12.9. The number of carbonyl (C=O) groups is 1. The molecule has 2 heterocycles. The van der Waals surface area contributed by atoms with Gasteiger partial charge in [0, 0.05) is 69.6 Å². The molecule has 5 N–H and O–H groups in total. The van der Waals surface area contributed by atoms with Crippen molar-refractivity contribution in [2.45, 2.75) is 75.9 Å². The molecule has 40 heavy (non-hydrogen) atoms. The molecule has 2 aromatic rings. The van der Waals surface area contributed by atoms with Gasteiger partial charge in [-0.25, -0.2) is 0 Å². The molecule has 2 aromatic carbocycles. The van der Waals surface area contributed by atoms with Gasteiger partial charge in [-0.3, -0.25) is 10.1 Å². The molecule has 216 valence electrons. The lowest BCUT2D eigenvalue weighted by atomic mass is 9.85. The van der Waals surface area contributed by atoms with Gasteiger partial charge >= 0.3 is 0 Å². The molecule has 1 aliphatic carbocycles. The fourth-order valence-electron chi connectivity index (χ4n) is 6.14. The fourth-order valence-corrected chi connectivity index (χ4v) is 6.14. The van der Waals surface area contributed by atoms with Gasteiger partial charge in [0.2, 0.25) is 5.91 Å². The number of hydrogen-bond donors (Lipinski definition) is 5. The lowest BCUT2D eigenvalue weighted by Gasteiger charge is -2.41. The molecule has 1 amide bonds. The number of rotatable bonds is 11. The van der Waals surface area contributed by atoms with Crippen LogP contribution in [0.1, 0.15) is 61.8 Å². The van der Waals surface area contributed by atoms with Gasteiger partial charge in [0.25, 0.3) is 0 Å². The van der Waals surface area contributed by atoms with Crippen LogP contribution >= 0.6 is 0 Å². The Hall–Kier alpha value is -2.91. The number of nitrogens with zero attached hydrogens (tertiary/aromatic N) is 1. The highest BCUT2D eigenvalue weighted by Gasteiger charge is 2.43. The normalized spacial score (nSPS) is 21.6. The molecule has 0 aromatic heterocycles. The largest absolute Gasteiger partial charge is 0.487 e. The van der Waals surface area contributed by atoms with Crippen molar-refractivity contribution in [3.05, 3.63) is 77.5 Å². The Bertz CT molecular complexity index is 1130. The van der Waals surface area contributed by atoms with E-state index in [4.69, 9.17) is 4.74 Å². The third-order valence-electron chi connectivity index (χ3n) is 8.49. The number of aryl methyl sites for hydroxylation is 1. The van der Waals surface area contributed by atoms with Gasteiger partial charge in [-0.2, -0.15) is 0 Å². The van der Waals surface area contributed by atoms with Crippen LogP contribution in [0.5, 0.6) is 5.75 Å². The summed E-state index contributed by atoms with van der Waals surface area (Å²) >= 11 is 0. The molecular weight excluding hydrogens is 502 g/mol. The summed E-state index contributed by atoms with van der Waals surface area (Å²) in [5, 5.41) is 24.7. The second-order valence-corrected chi connectivity index (χ2v) is 11.4. The molecule has 0 unspecified atom stereocenters. The zero-order valence-electron chi connectivity index (χ0n) is 23.7. The first kappa shape index (κ1) is 28.6. The minimum Gasteiger partial charge on any atom is -0.487 e. The summed E-state index contributed by atoms with van der Waals surface area (Å²) in [6.45, 7) is 6.61. The highest BCUT2D eigenvalue weighted by molar-refractivity contribution is 5.87. The number of ether oxygens (including phenoxy) is 1. The van der Waals surface area contributed by atoms with E-state index in [9.17, 15) is 9.90 Å². The zero-order valence-corrected chi connectivity index (χ0v) is 23.7. The number of piperazine rings is 1. The quantitative estimate of drug-likeness (QED) is 0.218. The predicted molar refractivity (Wildman–Crippen MR) is 158 cm³/mol. The van der Waals surface area contributed by atoms with Crippen LogP contribution in [-0.4, -0.2) is 66.5 Å². The lowest BCUT2D eigenvalue weighted by molar-refractivity contribution is -0.118. The standard InChI is InChI=1S/C32H45N5O3/c1-2-24-10-11-29-26(20-24)27(21-32(40-29)13-6-7-14-32)34-23-28(38)31(35-22-25-8-4-3-5-9-25)36-30(39)12-17-37-18-15-33-16-19-37/h3-5,8-12,17,20,27-28,31,33-35,38H,2,6-7,13-16,18-19,21-23H2,1H3,(H,36,39)/b17-12+/t27-,28-,31+/m1/s1. The van der Waals surface area contributed by atoms with E-state index in [1.165, 1.54) is 24.0 Å². The topological polar surface area (TPSA) is 97.9 Å². The molecule has 8 nitrogen and oxygen atoms in total. The second-order valence-electron chi connectivity index (χ2n) is 11.4. The van der Waals surface area contributed by atoms with Crippen molar-refractivity contribution in [1.82, 2.24) is 26.2 Å². The van der Waals surface area contributed by atoms with Crippen molar-refractivity contribution >= 4 is 5.91 Å². The van der Waals surface area contributed by atoms with Crippen LogP contribution in [0, 0.1) is 0 Å². The highest BCUT2D eigenvalue weighted by atomic mass is 16.5. The van der Waals surface area contributed by atoms with Crippen LogP contribution in [-0.2, 0) is 17.8 Å². The summed E-state index contributed by atoms with van der Waals surface area (Å²) in [5.41, 5.74) is 3.41. The van der Waals surface area contributed by atoms with Gasteiger partial charge < -0.3 is 30.7 Å². The summed E-state index contributed by atoms with van der Waals surface area (Å²) < 4.78 is 6.59. The molecule has 2 fully saturated rings. The number of carbonyl (C=O) groups excluding carboxylic acids is 1. The van der Waals surface area contributed by atoms with Gasteiger partial charge in [-0.05, 0) is 49.3 Å². The first-order valence-electron chi connectivity index (χ1n) is 15.0. The third kappa shape index (κ3) is 7.43. The van der Waals surface area contributed by atoms with Gasteiger partial charge in [0.05, 0.1) is 6.10 Å². The first-order valence-corrected chi connectivity index (χ1v) is 15.0. The van der Waals surface area contributed by atoms with E-state index in [1.54, 1.807) is 6.08 Å². The van der Waals surface area contributed by atoms with E-state index in [0.29, 0.717) is 13.1 Å². The molecule has 1 saturated carbocycles. The maximum absolute atomic E-state index is 12.9. The van der Waals surface area contributed by atoms with Crippen molar-refractivity contribution in [3.63, 3.8) is 0 Å². The van der Waals surface area contributed by atoms with E-state index in [1.807, 2.05) is 36.5 Å². The Morgan fingerprint density at radius 3 is 2.67 bits per heavy atom. The lowest BCUT2D eigenvalue weighted by Crippen LogP contribution is -2.55. The highest BCUT2D eigenvalue weighted by Crippen LogP contribution is 2.47. The smallest absolute Gasteiger partial charge is 0.246 e. The number of nitrogens with one attached hydrogen (secondary N) is 4. The Balaban J connectivity index is 1.26. The SMILES string of the molecule is CCc1ccc2c(c1)[C@H](NC[C@@H](O)[C@@H](NCc1ccccc1)NC(=O)/C=C/N1CCNCC1)CC1(CCCC1)O2. The number of fused-ring (bicyclic) bond motifs is 1. The third-order valence-corrected chi connectivity index (χ3v) is 8.49. The van der Waals surface area contributed by atoms with Gasteiger partial charge in [-0.1, -0.05) is 49.4 Å². The number of hydrogen-bond acceptors (Lipinski definition) is 7. The molecular formula is C32H45N5O3. The average Bonchev–Trinajstić information content (AvgIpc) is 3.44. The Kier molecular flexibility index (Phi) is 9.75. The second kappa shape index (κ2) is 13.6. The van der Waals surface area contributed by atoms with Crippen molar-refractivity contribution in [1.29, 1.82) is 0 Å². The van der Waals surface area contributed by atoms with Gasteiger partial charge in [-0.15, -0.1) is 0 Å². The van der Waals surface area contributed by atoms with Crippen molar-refractivity contribution in [2.24, 2.45) is 0 Å². The summed E-state index contributed by atoms with van der Waals surface area (Å²) in [7, 11) is 0. The molecule has 8 heteroatoms. The van der Waals surface area contributed by atoms with E-state index in [0.717, 1.165) is 63.2 Å². The monoisotopic (exact) mass is 547 g/mol. The Labute approximate surface area is 238 Å². The molecule has 0 bridgehead atoms. The van der Waals surface area contributed by atoms with Gasteiger partial charge in [0.1, 0.15) is 17.5 Å². The van der Waals surface area contributed by atoms with E-state index in [-0.39, 0.29) is 17.6 Å². The molecule has 1 saturated heterocycles. The van der Waals surface area contributed by atoms with Crippen molar-refractivity contribution < 1.29 is 14.6 Å². The minimum absolute atomic E-state index is 0.0843. The zero-order chi connectivity index (χ0) is 27.8. The van der Waals surface area contributed by atoms with Crippen molar-refractivity contribution in [3.8, 4) is 5.75 Å². The molecule has 5 rings (SSSR count). The maximum Gasteiger partial charge on any atom is 0.246 e. The van der Waals surface area contributed by atoms with Crippen molar-refractivity contribution in [2.75, 3.05) is 32.7 Å².